The lowest BCUT2D eigenvalue weighted by atomic mass is 10.3. The Balaban J connectivity index is 1.84. The quantitative estimate of drug-likeness (QED) is 0.781. The molecule has 0 aliphatic heterocycles. The molecular weight excluding hydrogens is 290 g/mol. The summed E-state index contributed by atoms with van der Waals surface area (Å²) in [5.74, 6) is 0.949. The van der Waals surface area contributed by atoms with Crippen LogP contribution in [-0.2, 0) is 4.79 Å². The SMILES string of the molecule is CCOc1ccc(NC(=O)CSc2ncnc(N)n2)cc1. The standard InChI is InChI=1S/C13H15N5O2S/c1-2-20-10-5-3-9(4-6-10)17-11(19)7-21-13-16-8-15-12(14)18-13/h3-6,8H,2,7H2,1H3,(H,17,19)(H2,14,15,16,18). The average Bonchev–Trinajstić information content (AvgIpc) is 2.48. The zero-order valence-corrected chi connectivity index (χ0v) is 12.3. The molecule has 1 amide bonds. The highest BCUT2D eigenvalue weighted by atomic mass is 32.2. The number of rotatable bonds is 6. The third-order valence-corrected chi connectivity index (χ3v) is 3.21. The van der Waals surface area contributed by atoms with Crippen LogP contribution in [0, 0.1) is 0 Å². The van der Waals surface area contributed by atoms with Gasteiger partial charge in [0.05, 0.1) is 12.4 Å². The van der Waals surface area contributed by atoms with Crippen LogP contribution >= 0.6 is 11.8 Å². The van der Waals surface area contributed by atoms with Crippen molar-refractivity contribution in [2.24, 2.45) is 0 Å². The number of amides is 1. The topological polar surface area (TPSA) is 103 Å². The maximum atomic E-state index is 11.8. The van der Waals surface area contributed by atoms with Gasteiger partial charge in [-0.15, -0.1) is 0 Å². The molecule has 1 aromatic heterocycles. The second-order valence-corrected chi connectivity index (χ2v) is 4.86. The molecule has 0 radical (unpaired) electrons. The van der Waals surface area contributed by atoms with Crippen molar-refractivity contribution in [3.63, 3.8) is 0 Å². The van der Waals surface area contributed by atoms with Crippen LogP contribution in [0.3, 0.4) is 0 Å². The minimum atomic E-state index is -0.150. The van der Waals surface area contributed by atoms with Gasteiger partial charge >= 0.3 is 0 Å². The number of nitrogen functional groups attached to an aromatic ring is 1. The number of nitrogens with two attached hydrogens (primary N) is 1. The molecule has 0 atom stereocenters. The van der Waals surface area contributed by atoms with Crippen LogP contribution in [0.15, 0.2) is 35.7 Å². The van der Waals surface area contributed by atoms with E-state index >= 15 is 0 Å². The summed E-state index contributed by atoms with van der Waals surface area (Å²) < 4.78 is 5.33. The maximum Gasteiger partial charge on any atom is 0.234 e. The zero-order chi connectivity index (χ0) is 15.1. The van der Waals surface area contributed by atoms with E-state index in [2.05, 4.69) is 20.3 Å². The largest absolute Gasteiger partial charge is 0.494 e. The van der Waals surface area contributed by atoms with Gasteiger partial charge in [0.2, 0.25) is 11.9 Å². The van der Waals surface area contributed by atoms with E-state index in [4.69, 9.17) is 10.5 Å². The lowest BCUT2D eigenvalue weighted by Gasteiger charge is -2.06. The van der Waals surface area contributed by atoms with Gasteiger partial charge in [-0.2, -0.15) is 4.98 Å². The van der Waals surface area contributed by atoms with E-state index in [-0.39, 0.29) is 17.6 Å². The molecule has 0 spiro atoms. The molecule has 3 N–H and O–H groups in total. The molecular formula is C13H15N5O2S. The molecule has 0 fully saturated rings. The normalized spacial score (nSPS) is 10.1. The van der Waals surface area contributed by atoms with Gasteiger partial charge in [0.25, 0.3) is 0 Å². The number of nitrogens with zero attached hydrogens (tertiary/aromatic N) is 3. The van der Waals surface area contributed by atoms with Crippen molar-refractivity contribution in [3.05, 3.63) is 30.6 Å². The van der Waals surface area contributed by atoms with Crippen molar-refractivity contribution >= 4 is 29.3 Å². The number of hydrogen-bond acceptors (Lipinski definition) is 7. The van der Waals surface area contributed by atoms with Gasteiger partial charge in [-0.25, -0.2) is 9.97 Å². The molecule has 8 heteroatoms. The van der Waals surface area contributed by atoms with Gasteiger partial charge in [0.15, 0.2) is 5.16 Å². The van der Waals surface area contributed by atoms with Crippen LogP contribution in [0.2, 0.25) is 0 Å². The van der Waals surface area contributed by atoms with Crippen molar-refractivity contribution in [3.8, 4) is 5.75 Å². The summed E-state index contributed by atoms with van der Waals surface area (Å²) >= 11 is 1.19. The Morgan fingerprint density at radius 3 is 2.76 bits per heavy atom. The zero-order valence-electron chi connectivity index (χ0n) is 11.4. The Morgan fingerprint density at radius 1 is 1.33 bits per heavy atom. The number of ether oxygens (including phenoxy) is 1. The Bertz CT molecular complexity index is 606. The van der Waals surface area contributed by atoms with Gasteiger partial charge in [-0.1, -0.05) is 11.8 Å². The molecule has 2 aromatic rings. The van der Waals surface area contributed by atoms with Crippen molar-refractivity contribution in [1.29, 1.82) is 0 Å². The monoisotopic (exact) mass is 305 g/mol. The Labute approximate surface area is 126 Å². The van der Waals surface area contributed by atoms with Gasteiger partial charge in [-0.3, -0.25) is 4.79 Å². The lowest BCUT2D eigenvalue weighted by molar-refractivity contribution is -0.113. The summed E-state index contributed by atoms with van der Waals surface area (Å²) in [6.45, 7) is 2.53. The van der Waals surface area contributed by atoms with Gasteiger partial charge in [0, 0.05) is 5.69 Å². The Kier molecular flexibility index (Phi) is 5.33. The number of carbonyl (C=O) groups is 1. The third-order valence-electron chi connectivity index (χ3n) is 2.35. The van der Waals surface area contributed by atoms with Crippen molar-refractivity contribution in [2.45, 2.75) is 12.1 Å². The Morgan fingerprint density at radius 2 is 2.10 bits per heavy atom. The van der Waals surface area contributed by atoms with Crippen LogP contribution < -0.4 is 15.8 Å². The van der Waals surface area contributed by atoms with E-state index in [9.17, 15) is 4.79 Å². The summed E-state index contributed by atoms with van der Waals surface area (Å²) in [5, 5.41) is 3.20. The minimum Gasteiger partial charge on any atom is -0.494 e. The van der Waals surface area contributed by atoms with Crippen LogP contribution in [0.5, 0.6) is 5.75 Å². The molecule has 1 aromatic carbocycles. The third kappa shape index (κ3) is 4.92. The van der Waals surface area contributed by atoms with E-state index in [0.29, 0.717) is 17.5 Å². The molecule has 7 nitrogen and oxygen atoms in total. The average molecular weight is 305 g/mol. The van der Waals surface area contributed by atoms with Gasteiger partial charge < -0.3 is 15.8 Å². The maximum absolute atomic E-state index is 11.8. The molecule has 0 bridgehead atoms. The van der Waals surface area contributed by atoms with Crippen LogP contribution in [0.25, 0.3) is 0 Å². The molecule has 0 unspecified atom stereocenters. The van der Waals surface area contributed by atoms with Gasteiger partial charge in [0.1, 0.15) is 12.1 Å². The summed E-state index contributed by atoms with van der Waals surface area (Å²) in [4.78, 5) is 23.3. The number of hydrogen-bond donors (Lipinski definition) is 2. The first kappa shape index (κ1) is 15.0. The summed E-state index contributed by atoms with van der Waals surface area (Å²) in [5.41, 5.74) is 6.15. The summed E-state index contributed by atoms with van der Waals surface area (Å²) in [6.07, 6.45) is 1.31. The first-order chi connectivity index (χ1) is 10.2. The lowest BCUT2D eigenvalue weighted by Crippen LogP contribution is -2.14. The summed E-state index contributed by atoms with van der Waals surface area (Å²) in [6, 6.07) is 7.18. The highest BCUT2D eigenvalue weighted by Gasteiger charge is 2.06. The fourth-order valence-corrected chi connectivity index (χ4v) is 2.10. The van der Waals surface area contributed by atoms with Crippen molar-refractivity contribution in [1.82, 2.24) is 15.0 Å². The predicted molar refractivity (Wildman–Crippen MR) is 81.2 cm³/mol. The second kappa shape index (κ2) is 7.44. The molecule has 21 heavy (non-hydrogen) atoms. The highest BCUT2D eigenvalue weighted by Crippen LogP contribution is 2.17. The number of anilines is 2. The number of nitrogens with one attached hydrogen (secondary N) is 1. The molecule has 0 saturated heterocycles. The number of carbonyl (C=O) groups excluding carboxylic acids is 1. The molecule has 1 heterocycles. The van der Waals surface area contributed by atoms with Crippen molar-refractivity contribution in [2.75, 3.05) is 23.4 Å². The van der Waals surface area contributed by atoms with Crippen LogP contribution in [0.4, 0.5) is 11.6 Å². The summed E-state index contributed by atoms with van der Waals surface area (Å²) in [7, 11) is 0. The van der Waals surface area contributed by atoms with E-state index < -0.39 is 0 Å². The van der Waals surface area contributed by atoms with Crippen LogP contribution in [-0.4, -0.2) is 33.2 Å². The molecule has 0 aliphatic rings. The van der Waals surface area contributed by atoms with E-state index in [1.54, 1.807) is 24.3 Å². The number of thioether (sulfide) groups is 1. The van der Waals surface area contributed by atoms with E-state index in [0.717, 1.165) is 5.75 Å². The predicted octanol–water partition coefficient (Wildman–Crippen LogP) is 1.58. The fraction of sp³-hybridized carbons (Fsp3) is 0.231. The number of aromatic nitrogens is 3. The fourth-order valence-electron chi connectivity index (χ4n) is 1.49. The highest BCUT2D eigenvalue weighted by molar-refractivity contribution is 7.99. The number of benzene rings is 1. The van der Waals surface area contributed by atoms with Crippen molar-refractivity contribution < 1.29 is 9.53 Å². The van der Waals surface area contributed by atoms with Crippen LogP contribution in [0.1, 0.15) is 6.92 Å². The second-order valence-electron chi connectivity index (χ2n) is 3.92. The molecule has 2 rings (SSSR count). The Hall–Kier alpha value is -2.35. The molecule has 110 valence electrons. The first-order valence-corrected chi connectivity index (χ1v) is 7.26. The molecule has 0 saturated carbocycles. The van der Waals surface area contributed by atoms with Gasteiger partial charge in [-0.05, 0) is 31.2 Å². The van der Waals surface area contributed by atoms with E-state index in [1.807, 2.05) is 6.92 Å². The smallest absolute Gasteiger partial charge is 0.234 e. The minimum absolute atomic E-state index is 0.138. The molecule has 0 aliphatic carbocycles. The first-order valence-electron chi connectivity index (χ1n) is 6.27. The van der Waals surface area contributed by atoms with E-state index in [1.165, 1.54) is 18.1 Å².